The molecule has 1 spiro atoms. The third-order valence-corrected chi connectivity index (χ3v) is 10.2. The maximum Gasteiger partial charge on any atom is 0.235 e. The molecule has 0 bridgehead atoms. The third kappa shape index (κ3) is 4.38. The summed E-state index contributed by atoms with van der Waals surface area (Å²) in [6.07, 6.45) is 3.65. The van der Waals surface area contributed by atoms with E-state index in [9.17, 15) is 0 Å². The number of fused-ring (bicyclic) bond motifs is 8. The number of para-hydroxylation sites is 5. The van der Waals surface area contributed by atoms with Crippen molar-refractivity contribution in [1.82, 2.24) is 15.0 Å². The second kappa shape index (κ2) is 11.6. The molecule has 240 valence electrons. The highest BCUT2D eigenvalue weighted by atomic mass is 15.3. The van der Waals surface area contributed by atoms with E-state index < -0.39 is 5.41 Å². The molecule has 5 nitrogen and oxygen atoms in total. The van der Waals surface area contributed by atoms with Crippen LogP contribution in [-0.2, 0) is 5.41 Å². The molecule has 0 atom stereocenters. The van der Waals surface area contributed by atoms with Crippen molar-refractivity contribution >= 4 is 34.4 Å². The van der Waals surface area contributed by atoms with E-state index in [0.717, 1.165) is 51.0 Å². The summed E-state index contributed by atoms with van der Waals surface area (Å²) in [5, 5.41) is 0. The number of rotatable bonds is 4. The topological polar surface area (TPSA) is 45.2 Å². The molecular formula is C46H31N5. The Morgan fingerprint density at radius 3 is 1.33 bits per heavy atom. The van der Waals surface area contributed by atoms with Crippen LogP contribution in [0.4, 0.5) is 34.4 Å². The largest absolute Gasteiger partial charge is 0.310 e. The number of aromatic nitrogens is 3. The van der Waals surface area contributed by atoms with Gasteiger partial charge in [-0.1, -0.05) is 121 Å². The molecule has 0 radical (unpaired) electrons. The van der Waals surface area contributed by atoms with E-state index in [2.05, 4.69) is 166 Å². The highest BCUT2D eigenvalue weighted by Gasteiger charge is 2.52. The molecule has 0 fully saturated rings. The van der Waals surface area contributed by atoms with Gasteiger partial charge in [0.1, 0.15) is 0 Å². The fraction of sp³-hybridized carbons (Fsp3) is 0.0217. The van der Waals surface area contributed by atoms with E-state index in [-0.39, 0.29) is 0 Å². The lowest BCUT2D eigenvalue weighted by Gasteiger charge is -2.50. The lowest BCUT2D eigenvalue weighted by molar-refractivity contribution is 0.716. The standard InChI is InChI=1S/C46H31N5/c1-3-16-32(17-4-1)39-30-40(33-18-15-29-47-31-33)49-45(48-39)51-43-27-13-9-23-37(43)46(38-24-10-14-28-44(38)51)35-21-7-11-25-41(35)50(34-19-5-2-6-20-34)42-26-12-8-22-36(42)46/h1-31H. The minimum atomic E-state index is -0.620. The molecule has 0 aliphatic carbocycles. The number of nitrogens with zero attached hydrogens (tertiary/aromatic N) is 5. The lowest BCUT2D eigenvalue weighted by Crippen LogP contribution is -2.42. The summed E-state index contributed by atoms with van der Waals surface area (Å²) in [4.78, 5) is 19.7. The minimum absolute atomic E-state index is 0.605. The van der Waals surface area contributed by atoms with Gasteiger partial charge in [-0.15, -0.1) is 0 Å². The number of anilines is 6. The Balaban J connectivity index is 1.28. The minimum Gasteiger partial charge on any atom is -0.310 e. The smallest absolute Gasteiger partial charge is 0.235 e. The summed E-state index contributed by atoms with van der Waals surface area (Å²) >= 11 is 0. The van der Waals surface area contributed by atoms with Gasteiger partial charge in [0.15, 0.2) is 0 Å². The van der Waals surface area contributed by atoms with Crippen LogP contribution in [0, 0.1) is 0 Å². The second-order valence-corrected chi connectivity index (χ2v) is 12.9. The number of hydrogen-bond acceptors (Lipinski definition) is 5. The normalized spacial score (nSPS) is 13.6. The molecule has 4 heterocycles. The summed E-state index contributed by atoms with van der Waals surface area (Å²) in [7, 11) is 0. The Labute approximate surface area is 296 Å². The van der Waals surface area contributed by atoms with Crippen LogP contribution in [0.25, 0.3) is 22.5 Å². The molecule has 0 N–H and O–H groups in total. The van der Waals surface area contributed by atoms with Crippen molar-refractivity contribution in [1.29, 1.82) is 0 Å². The summed E-state index contributed by atoms with van der Waals surface area (Å²) in [6.45, 7) is 0. The summed E-state index contributed by atoms with van der Waals surface area (Å²) in [6, 6.07) is 62.3. The molecule has 2 aromatic heterocycles. The zero-order valence-electron chi connectivity index (χ0n) is 27.6. The van der Waals surface area contributed by atoms with E-state index in [1.54, 1.807) is 6.20 Å². The Morgan fingerprint density at radius 2 is 0.824 bits per heavy atom. The van der Waals surface area contributed by atoms with Crippen molar-refractivity contribution in [2.75, 3.05) is 9.80 Å². The lowest BCUT2D eigenvalue weighted by atomic mass is 9.60. The van der Waals surface area contributed by atoms with Crippen molar-refractivity contribution in [3.63, 3.8) is 0 Å². The van der Waals surface area contributed by atoms with Gasteiger partial charge < -0.3 is 4.90 Å². The SMILES string of the molecule is c1ccc(-c2cc(-c3cccnc3)nc(N3c4ccccc4C4(c5ccccc5N(c5ccccc5)c5ccccc54)c4ccccc43)n2)cc1. The highest BCUT2D eigenvalue weighted by Crippen LogP contribution is 2.63. The molecule has 10 rings (SSSR count). The Hall–Kier alpha value is -6.85. The summed E-state index contributed by atoms with van der Waals surface area (Å²) in [5.74, 6) is 0.605. The summed E-state index contributed by atoms with van der Waals surface area (Å²) < 4.78 is 0. The van der Waals surface area contributed by atoms with E-state index in [4.69, 9.17) is 9.97 Å². The zero-order valence-corrected chi connectivity index (χ0v) is 27.6. The van der Waals surface area contributed by atoms with Gasteiger partial charge in [0.2, 0.25) is 5.95 Å². The Kier molecular flexibility index (Phi) is 6.64. The molecule has 5 heteroatoms. The predicted molar refractivity (Wildman–Crippen MR) is 205 cm³/mol. The highest BCUT2D eigenvalue weighted by molar-refractivity contribution is 5.96. The molecule has 0 unspecified atom stereocenters. The van der Waals surface area contributed by atoms with Gasteiger partial charge in [0, 0.05) is 29.2 Å². The van der Waals surface area contributed by atoms with Crippen LogP contribution in [0.1, 0.15) is 22.3 Å². The quantitative estimate of drug-likeness (QED) is 0.189. The van der Waals surface area contributed by atoms with E-state index in [1.165, 1.54) is 22.3 Å². The van der Waals surface area contributed by atoms with Gasteiger partial charge >= 0.3 is 0 Å². The van der Waals surface area contributed by atoms with Crippen molar-refractivity contribution in [3.8, 4) is 22.5 Å². The van der Waals surface area contributed by atoms with Crippen LogP contribution in [0.3, 0.4) is 0 Å². The third-order valence-electron chi connectivity index (χ3n) is 10.2. The van der Waals surface area contributed by atoms with Crippen LogP contribution in [0.15, 0.2) is 188 Å². The fourth-order valence-electron chi connectivity index (χ4n) is 8.10. The van der Waals surface area contributed by atoms with Gasteiger partial charge in [-0.3, -0.25) is 9.88 Å². The maximum atomic E-state index is 5.31. The first-order valence-electron chi connectivity index (χ1n) is 17.2. The van der Waals surface area contributed by atoms with Gasteiger partial charge in [0.25, 0.3) is 0 Å². The molecule has 8 aromatic rings. The average molecular weight is 654 g/mol. The molecule has 6 aromatic carbocycles. The molecule has 51 heavy (non-hydrogen) atoms. The van der Waals surface area contributed by atoms with E-state index in [0.29, 0.717) is 5.95 Å². The van der Waals surface area contributed by atoms with E-state index in [1.807, 2.05) is 30.5 Å². The Morgan fingerprint density at radius 1 is 0.392 bits per heavy atom. The van der Waals surface area contributed by atoms with Gasteiger partial charge in [-0.25, -0.2) is 9.97 Å². The van der Waals surface area contributed by atoms with Crippen molar-refractivity contribution in [2.45, 2.75) is 5.41 Å². The van der Waals surface area contributed by atoms with Gasteiger partial charge in [-0.05, 0) is 76.9 Å². The number of benzene rings is 6. The summed E-state index contributed by atoms with van der Waals surface area (Å²) in [5.41, 5.74) is 13.3. The van der Waals surface area contributed by atoms with Crippen LogP contribution in [0.2, 0.25) is 0 Å². The van der Waals surface area contributed by atoms with Gasteiger partial charge in [-0.2, -0.15) is 0 Å². The molecular weight excluding hydrogens is 623 g/mol. The molecule has 0 saturated carbocycles. The first-order valence-corrected chi connectivity index (χ1v) is 17.2. The van der Waals surface area contributed by atoms with Crippen LogP contribution in [-0.4, -0.2) is 15.0 Å². The van der Waals surface area contributed by atoms with Crippen molar-refractivity contribution in [2.24, 2.45) is 0 Å². The monoisotopic (exact) mass is 653 g/mol. The fourth-order valence-corrected chi connectivity index (χ4v) is 8.10. The van der Waals surface area contributed by atoms with Crippen molar-refractivity contribution in [3.05, 3.63) is 211 Å². The molecule has 0 amide bonds. The number of pyridine rings is 1. The first-order chi connectivity index (χ1) is 25.3. The molecule has 2 aliphatic heterocycles. The maximum absolute atomic E-state index is 5.31. The van der Waals surface area contributed by atoms with Crippen LogP contribution >= 0.6 is 0 Å². The number of hydrogen-bond donors (Lipinski definition) is 0. The zero-order chi connectivity index (χ0) is 33.8. The van der Waals surface area contributed by atoms with Crippen molar-refractivity contribution < 1.29 is 0 Å². The predicted octanol–water partition coefficient (Wildman–Crippen LogP) is 11.2. The second-order valence-electron chi connectivity index (χ2n) is 12.9. The van der Waals surface area contributed by atoms with Crippen LogP contribution < -0.4 is 9.80 Å². The average Bonchev–Trinajstić information content (AvgIpc) is 3.21. The Bertz CT molecular complexity index is 2400. The van der Waals surface area contributed by atoms with E-state index >= 15 is 0 Å². The molecule has 0 saturated heterocycles. The first kappa shape index (κ1) is 29.1. The molecule has 2 aliphatic rings. The van der Waals surface area contributed by atoms with Gasteiger partial charge in [0.05, 0.1) is 39.6 Å². The van der Waals surface area contributed by atoms with Crippen LogP contribution in [0.5, 0.6) is 0 Å².